The zero-order valence-electron chi connectivity index (χ0n) is 15.3. The van der Waals surface area contributed by atoms with Crippen molar-refractivity contribution in [2.24, 2.45) is 0 Å². The molecule has 3 rings (SSSR count). The van der Waals surface area contributed by atoms with Gasteiger partial charge in [-0.3, -0.25) is 9.48 Å². The van der Waals surface area contributed by atoms with Gasteiger partial charge in [0, 0.05) is 24.3 Å². The molecule has 2 aromatic rings. The standard InChI is InChI=1S/C19H22ClN3O4/c1-12-9-16(3-4-17(12)20)27-13(2)18(24)22-7-5-15(6-8-22)23-11-14(10-21-23)19(25)26/h3-4,9-11,13,15H,5-8H2,1-2H3,(H,25,26). The van der Waals surface area contributed by atoms with Crippen LogP contribution in [-0.4, -0.2) is 50.9 Å². The van der Waals surface area contributed by atoms with E-state index in [2.05, 4.69) is 5.10 Å². The summed E-state index contributed by atoms with van der Waals surface area (Å²) in [5, 5.41) is 13.8. The van der Waals surface area contributed by atoms with Gasteiger partial charge in [-0.1, -0.05) is 11.6 Å². The average molecular weight is 392 g/mol. The Balaban J connectivity index is 1.55. The van der Waals surface area contributed by atoms with Gasteiger partial charge in [-0.2, -0.15) is 5.10 Å². The third kappa shape index (κ3) is 4.42. The number of piperidine rings is 1. The number of carbonyl (C=O) groups is 2. The van der Waals surface area contributed by atoms with Crippen LogP contribution in [0.2, 0.25) is 5.02 Å². The number of aryl methyl sites for hydroxylation is 1. The molecule has 0 radical (unpaired) electrons. The molecule has 0 spiro atoms. The summed E-state index contributed by atoms with van der Waals surface area (Å²) in [4.78, 5) is 25.4. The van der Waals surface area contributed by atoms with Gasteiger partial charge >= 0.3 is 5.97 Å². The molecule has 1 fully saturated rings. The molecule has 1 aromatic heterocycles. The Labute approximate surface area is 162 Å². The lowest BCUT2D eigenvalue weighted by Crippen LogP contribution is -2.45. The number of benzene rings is 1. The number of carboxylic acids is 1. The summed E-state index contributed by atoms with van der Waals surface area (Å²) in [6, 6.07) is 5.42. The Hall–Kier alpha value is -2.54. The van der Waals surface area contributed by atoms with Crippen molar-refractivity contribution in [1.82, 2.24) is 14.7 Å². The lowest BCUT2D eigenvalue weighted by atomic mass is 10.0. The Morgan fingerprint density at radius 3 is 2.63 bits per heavy atom. The Morgan fingerprint density at radius 1 is 1.33 bits per heavy atom. The van der Waals surface area contributed by atoms with Gasteiger partial charge in [-0.15, -0.1) is 0 Å². The first-order valence-electron chi connectivity index (χ1n) is 8.84. The maximum absolute atomic E-state index is 12.7. The van der Waals surface area contributed by atoms with Crippen molar-refractivity contribution in [2.75, 3.05) is 13.1 Å². The fraction of sp³-hybridized carbons (Fsp3) is 0.421. The number of amides is 1. The monoisotopic (exact) mass is 391 g/mol. The minimum Gasteiger partial charge on any atom is -0.481 e. The summed E-state index contributed by atoms with van der Waals surface area (Å²) in [6.07, 6.45) is 3.74. The van der Waals surface area contributed by atoms with Crippen LogP contribution in [-0.2, 0) is 4.79 Å². The number of halogens is 1. The van der Waals surface area contributed by atoms with Gasteiger partial charge in [0.05, 0.1) is 17.8 Å². The number of aromatic nitrogens is 2. The number of carbonyl (C=O) groups excluding carboxylic acids is 1. The predicted molar refractivity (Wildman–Crippen MR) is 100 cm³/mol. The number of rotatable bonds is 5. The molecular formula is C19H22ClN3O4. The van der Waals surface area contributed by atoms with Crippen LogP contribution in [0.3, 0.4) is 0 Å². The van der Waals surface area contributed by atoms with Gasteiger partial charge < -0.3 is 14.7 Å². The SMILES string of the molecule is Cc1cc(OC(C)C(=O)N2CCC(n3cc(C(=O)O)cn3)CC2)ccc1Cl. The molecule has 1 unspecified atom stereocenters. The number of nitrogens with zero attached hydrogens (tertiary/aromatic N) is 3. The topological polar surface area (TPSA) is 84.7 Å². The van der Waals surface area contributed by atoms with Crippen molar-refractivity contribution in [3.63, 3.8) is 0 Å². The first-order valence-corrected chi connectivity index (χ1v) is 9.22. The normalized spacial score (nSPS) is 16.2. The van der Waals surface area contributed by atoms with E-state index < -0.39 is 12.1 Å². The molecule has 0 bridgehead atoms. The first kappa shape index (κ1) is 19.2. The molecule has 2 heterocycles. The zero-order chi connectivity index (χ0) is 19.6. The van der Waals surface area contributed by atoms with Crippen LogP contribution < -0.4 is 4.74 Å². The molecule has 0 saturated carbocycles. The second-order valence-electron chi connectivity index (χ2n) is 6.74. The zero-order valence-corrected chi connectivity index (χ0v) is 16.0. The molecule has 1 N–H and O–H groups in total. The molecule has 1 aliphatic heterocycles. The Morgan fingerprint density at radius 2 is 2.04 bits per heavy atom. The summed E-state index contributed by atoms with van der Waals surface area (Å²) >= 11 is 6.01. The molecule has 8 heteroatoms. The molecule has 7 nitrogen and oxygen atoms in total. The highest BCUT2D eigenvalue weighted by atomic mass is 35.5. The second-order valence-corrected chi connectivity index (χ2v) is 7.15. The highest BCUT2D eigenvalue weighted by molar-refractivity contribution is 6.31. The van der Waals surface area contributed by atoms with E-state index in [1.165, 1.54) is 6.20 Å². The molecule has 1 atom stereocenters. The Kier molecular flexibility index (Phi) is 5.70. The van der Waals surface area contributed by atoms with Crippen molar-refractivity contribution in [3.05, 3.63) is 46.7 Å². The van der Waals surface area contributed by atoms with Crippen LogP contribution in [0.4, 0.5) is 0 Å². The van der Waals surface area contributed by atoms with E-state index in [0.717, 1.165) is 18.4 Å². The minimum atomic E-state index is -0.989. The van der Waals surface area contributed by atoms with Gasteiger partial charge in [-0.05, 0) is 50.5 Å². The largest absolute Gasteiger partial charge is 0.481 e. The van der Waals surface area contributed by atoms with Crippen molar-refractivity contribution in [2.45, 2.75) is 38.8 Å². The van der Waals surface area contributed by atoms with Crippen LogP contribution in [0.15, 0.2) is 30.6 Å². The molecule has 1 aromatic carbocycles. The van der Waals surface area contributed by atoms with Gasteiger partial charge in [0.1, 0.15) is 5.75 Å². The second kappa shape index (κ2) is 8.00. The van der Waals surface area contributed by atoms with E-state index in [1.54, 1.807) is 34.8 Å². The summed E-state index contributed by atoms with van der Waals surface area (Å²) in [7, 11) is 0. The van der Waals surface area contributed by atoms with E-state index >= 15 is 0 Å². The molecule has 0 aliphatic carbocycles. The third-order valence-electron chi connectivity index (χ3n) is 4.79. The number of ether oxygens (including phenoxy) is 1. The predicted octanol–water partition coefficient (Wildman–Crippen LogP) is 3.17. The quantitative estimate of drug-likeness (QED) is 0.846. The summed E-state index contributed by atoms with van der Waals surface area (Å²) in [5.74, 6) is -0.435. The van der Waals surface area contributed by atoms with Crippen LogP contribution in [0, 0.1) is 6.92 Å². The summed E-state index contributed by atoms with van der Waals surface area (Å²) in [5.41, 5.74) is 1.07. The van der Waals surface area contributed by atoms with Crippen LogP contribution in [0.1, 0.15) is 41.7 Å². The van der Waals surface area contributed by atoms with Gasteiger partial charge in [0.2, 0.25) is 0 Å². The molecule has 27 heavy (non-hydrogen) atoms. The number of carboxylic acid groups (broad SMARTS) is 1. The lowest BCUT2D eigenvalue weighted by Gasteiger charge is -2.33. The van der Waals surface area contributed by atoms with Crippen molar-refractivity contribution < 1.29 is 19.4 Å². The van der Waals surface area contributed by atoms with E-state index in [0.29, 0.717) is 23.9 Å². The molecular weight excluding hydrogens is 370 g/mol. The third-order valence-corrected chi connectivity index (χ3v) is 5.21. The van der Waals surface area contributed by atoms with Crippen LogP contribution >= 0.6 is 11.6 Å². The number of hydrogen-bond acceptors (Lipinski definition) is 4. The van der Waals surface area contributed by atoms with Crippen molar-refractivity contribution in [1.29, 1.82) is 0 Å². The molecule has 1 amide bonds. The highest BCUT2D eigenvalue weighted by Gasteiger charge is 2.28. The van der Waals surface area contributed by atoms with Gasteiger partial charge in [0.15, 0.2) is 6.10 Å². The summed E-state index contributed by atoms with van der Waals surface area (Å²) in [6.45, 7) is 4.79. The summed E-state index contributed by atoms with van der Waals surface area (Å²) < 4.78 is 7.46. The minimum absolute atomic E-state index is 0.0623. The number of hydrogen-bond donors (Lipinski definition) is 1. The number of likely N-dealkylation sites (tertiary alicyclic amines) is 1. The molecule has 1 aliphatic rings. The molecule has 1 saturated heterocycles. The van der Waals surface area contributed by atoms with E-state index in [-0.39, 0.29) is 17.5 Å². The Bertz CT molecular complexity index is 843. The average Bonchev–Trinajstić information content (AvgIpc) is 3.15. The van der Waals surface area contributed by atoms with Crippen molar-refractivity contribution >= 4 is 23.5 Å². The van der Waals surface area contributed by atoms with Crippen LogP contribution in [0.25, 0.3) is 0 Å². The highest BCUT2D eigenvalue weighted by Crippen LogP contribution is 2.25. The van der Waals surface area contributed by atoms with Gasteiger partial charge in [-0.25, -0.2) is 4.79 Å². The fourth-order valence-electron chi connectivity index (χ4n) is 3.20. The van der Waals surface area contributed by atoms with Crippen molar-refractivity contribution in [3.8, 4) is 5.75 Å². The fourth-order valence-corrected chi connectivity index (χ4v) is 3.32. The molecule has 144 valence electrons. The smallest absolute Gasteiger partial charge is 0.338 e. The maximum atomic E-state index is 12.7. The van der Waals surface area contributed by atoms with E-state index in [4.69, 9.17) is 21.4 Å². The van der Waals surface area contributed by atoms with Gasteiger partial charge in [0.25, 0.3) is 5.91 Å². The van der Waals surface area contributed by atoms with Crippen LogP contribution in [0.5, 0.6) is 5.75 Å². The maximum Gasteiger partial charge on any atom is 0.338 e. The first-order chi connectivity index (χ1) is 12.8. The number of aromatic carboxylic acids is 1. The lowest BCUT2D eigenvalue weighted by molar-refractivity contribution is -0.139. The van der Waals surface area contributed by atoms with E-state index in [1.807, 2.05) is 13.0 Å². The van der Waals surface area contributed by atoms with E-state index in [9.17, 15) is 9.59 Å².